The summed E-state index contributed by atoms with van der Waals surface area (Å²) in [5.74, 6) is 0.564. The first-order chi connectivity index (χ1) is 9.51. The number of pyridine rings is 1. The molecule has 6 heteroatoms. The van der Waals surface area contributed by atoms with E-state index in [0.29, 0.717) is 12.5 Å². The average molecular weight is 342 g/mol. The average Bonchev–Trinajstić information content (AvgIpc) is 2.42. The molecule has 1 aliphatic heterocycles. The Morgan fingerprint density at radius 1 is 1.50 bits per heavy atom. The van der Waals surface area contributed by atoms with E-state index < -0.39 is 0 Å². The third-order valence-corrected chi connectivity index (χ3v) is 4.29. The molecule has 1 amide bonds. The van der Waals surface area contributed by atoms with E-state index in [-0.39, 0.29) is 24.1 Å². The van der Waals surface area contributed by atoms with Gasteiger partial charge in [-0.1, -0.05) is 6.92 Å². The van der Waals surface area contributed by atoms with Gasteiger partial charge in [-0.2, -0.15) is 0 Å². The summed E-state index contributed by atoms with van der Waals surface area (Å²) in [7, 11) is 0. The second-order valence-electron chi connectivity index (χ2n) is 5.42. The molecule has 1 saturated heterocycles. The summed E-state index contributed by atoms with van der Waals surface area (Å²) in [6, 6.07) is 3.22. The van der Waals surface area contributed by atoms with E-state index in [4.69, 9.17) is 5.73 Å². The number of hydrogen-bond acceptors (Lipinski definition) is 3. The first-order valence-electron chi connectivity index (χ1n) is 6.86. The van der Waals surface area contributed by atoms with Gasteiger partial charge in [-0.05, 0) is 40.8 Å². The lowest BCUT2D eigenvalue weighted by Crippen LogP contribution is -2.50. The predicted molar refractivity (Wildman–Crippen MR) is 81.4 cm³/mol. The van der Waals surface area contributed by atoms with Crippen molar-refractivity contribution in [2.75, 3.05) is 13.1 Å². The molecule has 110 valence electrons. The van der Waals surface area contributed by atoms with Gasteiger partial charge in [0.05, 0.1) is 0 Å². The van der Waals surface area contributed by atoms with Crippen LogP contribution in [0.1, 0.15) is 19.8 Å². The first kappa shape index (κ1) is 15.3. The molecule has 2 rings (SSSR count). The zero-order valence-corrected chi connectivity index (χ0v) is 13.2. The minimum absolute atomic E-state index is 0.0347. The van der Waals surface area contributed by atoms with Gasteiger partial charge in [-0.15, -0.1) is 0 Å². The molecule has 1 fully saturated rings. The molecule has 0 bridgehead atoms. The molecule has 20 heavy (non-hydrogen) atoms. The molecule has 1 aromatic heterocycles. The van der Waals surface area contributed by atoms with Gasteiger partial charge in [0.1, 0.15) is 6.54 Å². The van der Waals surface area contributed by atoms with Crippen molar-refractivity contribution in [2.24, 2.45) is 11.7 Å². The SMILES string of the molecule is CC1CCN(C(=O)Cn2cc(Br)ccc2=O)C(CN)C1. The van der Waals surface area contributed by atoms with Crippen molar-refractivity contribution in [2.45, 2.75) is 32.4 Å². The van der Waals surface area contributed by atoms with Gasteiger partial charge in [0.15, 0.2) is 0 Å². The Morgan fingerprint density at radius 3 is 2.95 bits per heavy atom. The minimum Gasteiger partial charge on any atom is -0.337 e. The van der Waals surface area contributed by atoms with Gasteiger partial charge in [-0.3, -0.25) is 9.59 Å². The highest BCUT2D eigenvalue weighted by atomic mass is 79.9. The van der Waals surface area contributed by atoms with Crippen LogP contribution < -0.4 is 11.3 Å². The maximum atomic E-state index is 12.4. The van der Waals surface area contributed by atoms with Gasteiger partial charge in [0.25, 0.3) is 5.56 Å². The fourth-order valence-electron chi connectivity index (χ4n) is 2.67. The normalized spacial score (nSPS) is 22.9. The molecular weight excluding hydrogens is 322 g/mol. The zero-order valence-electron chi connectivity index (χ0n) is 11.6. The van der Waals surface area contributed by atoms with Crippen molar-refractivity contribution < 1.29 is 4.79 Å². The summed E-state index contributed by atoms with van der Waals surface area (Å²) < 4.78 is 2.21. The summed E-state index contributed by atoms with van der Waals surface area (Å²) in [6.45, 7) is 3.46. The Kier molecular flexibility index (Phi) is 4.99. The minimum atomic E-state index is -0.170. The van der Waals surface area contributed by atoms with Crippen molar-refractivity contribution in [1.82, 2.24) is 9.47 Å². The molecule has 0 aromatic carbocycles. The Morgan fingerprint density at radius 2 is 2.25 bits per heavy atom. The van der Waals surface area contributed by atoms with Crippen LogP contribution >= 0.6 is 15.9 Å². The number of nitrogens with zero attached hydrogens (tertiary/aromatic N) is 2. The number of halogens is 1. The molecule has 0 aliphatic carbocycles. The number of hydrogen-bond donors (Lipinski definition) is 1. The number of aromatic nitrogens is 1. The summed E-state index contributed by atoms with van der Waals surface area (Å²) in [5, 5.41) is 0. The molecule has 0 spiro atoms. The lowest BCUT2D eigenvalue weighted by molar-refractivity contribution is -0.136. The highest BCUT2D eigenvalue weighted by molar-refractivity contribution is 9.10. The molecule has 2 unspecified atom stereocenters. The van der Waals surface area contributed by atoms with E-state index >= 15 is 0 Å². The molecule has 0 radical (unpaired) electrons. The Bertz CT molecular complexity index is 543. The van der Waals surface area contributed by atoms with Crippen molar-refractivity contribution in [3.8, 4) is 0 Å². The molecule has 2 heterocycles. The van der Waals surface area contributed by atoms with Crippen LogP contribution in [-0.2, 0) is 11.3 Å². The number of piperidine rings is 1. The second-order valence-corrected chi connectivity index (χ2v) is 6.34. The van der Waals surface area contributed by atoms with Crippen molar-refractivity contribution in [3.63, 3.8) is 0 Å². The van der Waals surface area contributed by atoms with E-state index in [0.717, 1.165) is 23.9 Å². The largest absolute Gasteiger partial charge is 0.337 e. The number of carbonyl (C=O) groups is 1. The third-order valence-electron chi connectivity index (χ3n) is 3.82. The second kappa shape index (κ2) is 6.54. The molecule has 2 atom stereocenters. The Balaban J connectivity index is 2.11. The van der Waals surface area contributed by atoms with Gasteiger partial charge in [0, 0.05) is 35.9 Å². The third kappa shape index (κ3) is 3.49. The topological polar surface area (TPSA) is 68.3 Å². The number of carbonyl (C=O) groups excluding carboxylic acids is 1. The predicted octanol–water partition coefficient (Wildman–Crippen LogP) is 1.20. The van der Waals surface area contributed by atoms with Crippen LogP contribution in [0.4, 0.5) is 0 Å². The van der Waals surface area contributed by atoms with Crippen LogP contribution in [0.2, 0.25) is 0 Å². The highest BCUT2D eigenvalue weighted by Crippen LogP contribution is 2.22. The maximum Gasteiger partial charge on any atom is 0.251 e. The van der Waals surface area contributed by atoms with Crippen LogP contribution in [0.15, 0.2) is 27.6 Å². The molecule has 1 aromatic rings. The summed E-state index contributed by atoms with van der Waals surface area (Å²) in [4.78, 5) is 26.0. The van der Waals surface area contributed by atoms with Crippen molar-refractivity contribution >= 4 is 21.8 Å². The van der Waals surface area contributed by atoms with E-state index in [9.17, 15) is 9.59 Å². The van der Waals surface area contributed by atoms with E-state index in [2.05, 4.69) is 22.9 Å². The molecule has 5 nitrogen and oxygen atoms in total. The van der Waals surface area contributed by atoms with Crippen LogP contribution in [0, 0.1) is 5.92 Å². The van der Waals surface area contributed by atoms with Crippen LogP contribution in [0.3, 0.4) is 0 Å². The zero-order chi connectivity index (χ0) is 14.7. The van der Waals surface area contributed by atoms with Crippen LogP contribution in [0.5, 0.6) is 0 Å². The van der Waals surface area contributed by atoms with E-state index in [1.54, 1.807) is 12.3 Å². The summed E-state index contributed by atoms with van der Waals surface area (Å²) >= 11 is 3.31. The van der Waals surface area contributed by atoms with Crippen molar-refractivity contribution in [3.05, 3.63) is 33.2 Å². The number of amides is 1. The fourth-order valence-corrected chi connectivity index (χ4v) is 3.04. The standard InChI is InChI=1S/C14H20BrN3O2/c1-10-4-5-18(12(6-10)7-16)14(20)9-17-8-11(15)2-3-13(17)19/h2-3,8,10,12H,4-7,9,16H2,1H3. The lowest BCUT2D eigenvalue weighted by atomic mass is 9.92. The molecular formula is C14H20BrN3O2. The first-order valence-corrected chi connectivity index (χ1v) is 7.66. The van der Waals surface area contributed by atoms with Gasteiger partial charge in [-0.25, -0.2) is 0 Å². The van der Waals surface area contributed by atoms with Gasteiger partial charge < -0.3 is 15.2 Å². The lowest BCUT2D eigenvalue weighted by Gasteiger charge is -2.38. The Labute approximate surface area is 126 Å². The Hall–Kier alpha value is -1.14. The summed E-state index contributed by atoms with van der Waals surface area (Å²) in [5.41, 5.74) is 5.60. The molecule has 2 N–H and O–H groups in total. The monoisotopic (exact) mass is 341 g/mol. The number of rotatable bonds is 3. The number of likely N-dealkylation sites (tertiary alicyclic amines) is 1. The molecule has 0 saturated carbocycles. The van der Waals surface area contributed by atoms with E-state index in [1.807, 2.05) is 4.90 Å². The maximum absolute atomic E-state index is 12.4. The van der Waals surface area contributed by atoms with Crippen molar-refractivity contribution in [1.29, 1.82) is 0 Å². The number of nitrogens with two attached hydrogens (primary N) is 1. The fraction of sp³-hybridized carbons (Fsp3) is 0.571. The summed E-state index contributed by atoms with van der Waals surface area (Å²) in [6.07, 6.45) is 3.58. The van der Waals surface area contributed by atoms with Crippen LogP contribution in [-0.4, -0.2) is 34.5 Å². The van der Waals surface area contributed by atoms with Gasteiger partial charge in [0.2, 0.25) is 5.91 Å². The smallest absolute Gasteiger partial charge is 0.251 e. The quantitative estimate of drug-likeness (QED) is 0.897. The van der Waals surface area contributed by atoms with E-state index in [1.165, 1.54) is 10.6 Å². The highest BCUT2D eigenvalue weighted by Gasteiger charge is 2.28. The molecule has 1 aliphatic rings. The van der Waals surface area contributed by atoms with Crippen LogP contribution in [0.25, 0.3) is 0 Å². The van der Waals surface area contributed by atoms with Gasteiger partial charge >= 0.3 is 0 Å².